The normalized spacial score (nSPS) is 10.9. The van der Waals surface area contributed by atoms with E-state index in [4.69, 9.17) is 29.1 Å². The minimum atomic E-state index is -0.609. The average Bonchev–Trinajstić information content (AvgIpc) is 3.20. The zero-order chi connectivity index (χ0) is 23.4. The summed E-state index contributed by atoms with van der Waals surface area (Å²) >= 11 is 0. The van der Waals surface area contributed by atoms with Crippen LogP contribution in [0, 0.1) is 0 Å². The van der Waals surface area contributed by atoms with Gasteiger partial charge in [-0.2, -0.15) is 0 Å². The summed E-state index contributed by atoms with van der Waals surface area (Å²) in [5, 5.41) is 0.451. The van der Waals surface area contributed by atoms with Crippen LogP contribution in [0.2, 0.25) is 0 Å². The van der Waals surface area contributed by atoms with Gasteiger partial charge in [-0.15, -0.1) is 0 Å². The van der Waals surface area contributed by atoms with Crippen molar-refractivity contribution in [1.82, 2.24) is 0 Å². The number of esters is 1. The van der Waals surface area contributed by atoms with Gasteiger partial charge in [0.05, 0.1) is 41.1 Å². The molecule has 3 aromatic rings. The molecule has 32 heavy (non-hydrogen) atoms. The summed E-state index contributed by atoms with van der Waals surface area (Å²) in [5.74, 6) is 0.486. The van der Waals surface area contributed by atoms with Crippen LogP contribution < -0.4 is 24.7 Å². The van der Waals surface area contributed by atoms with Gasteiger partial charge in [0.25, 0.3) is 0 Å². The van der Waals surface area contributed by atoms with E-state index in [1.54, 1.807) is 12.1 Å². The second kappa shape index (κ2) is 9.34. The Morgan fingerprint density at radius 2 is 1.53 bits per heavy atom. The fourth-order valence-electron chi connectivity index (χ4n) is 3.28. The van der Waals surface area contributed by atoms with E-state index in [9.17, 15) is 9.59 Å². The molecule has 0 spiro atoms. The first kappa shape index (κ1) is 22.5. The SMILES string of the molecule is COC(=O)/C=C/c1oc2c(N)c(OC)ccc2c1C(=O)c1cc(OC)c(OC)c(OC)c1. The minimum absolute atomic E-state index is 0.129. The molecule has 9 nitrogen and oxygen atoms in total. The standard InChI is InChI=1S/C23H23NO8/c1-27-15-7-6-13-19(14(8-9-18(25)30-4)32-22(13)20(15)24)21(26)12-10-16(28-2)23(31-5)17(11-12)29-3/h6-11H,24H2,1-5H3/b9-8+. The summed E-state index contributed by atoms with van der Waals surface area (Å²) in [6.07, 6.45) is 2.50. The van der Waals surface area contributed by atoms with E-state index < -0.39 is 11.8 Å². The van der Waals surface area contributed by atoms with Crippen LogP contribution in [0.15, 0.2) is 34.8 Å². The topological polar surface area (TPSA) is 119 Å². The monoisotopic (exact) mass is 441 g/mol. The fourth-order valence-corrected chi connectivity index (χ4v) is 3.28. The Labute approximate surface area is 184 Å². The molecule has 1 aromatic heterocycles. The highest BCUT2D eigenvalue weighted by atomic mass is 16.5. The number of carbonyl (C=O) groups excluding carboxylic acids is 2. The van der Waals surface area contributed by atoms with E-state index in [1.807, 2.05) is 0 Å². The number of methoxy groups -OCH3 is 5. The lowest BCUT2D eigenvalue weighted by Crippen LogP contribution is -2.05. The number of carbonyl (C=O) groups is 2. The molecule has 1 heterocycles. The Balaban J connectivity index is 2.26. The van der Waals surface area contributed by atoms with Gasteiger partial charge in [0, 0.05) is 17.0 Å². The maximum atomic E-state index is 13.6. The van der Waals surface area contributed by atoms with Gasteiger partial charge < -0.3 is 33.8 Å². The summed E-state index contributed by atoms with van der Waals surface area (Å²) in [7, 11) is 7.10. The molecule has 0 saturated carbocycles. The summed E-state index contributed by atoms with van der Waals surface area (Å²) < 4.78 is 31.8. The third-order valence-electron chi connectivity index (χ3n) is 4.83. The van der Waals surface area contributed by atoms with Crippen molar-refractivity contribution in [2.45, 2.75) is 0 Å². The van der Waals surface area contributed by atoms with Gasteiger partial charge in [0.2, 0.25) is 5.75 Å². The van der Waals surface area contributed by atoms with Crippen LogP contribution in [0.5, 0.6) is 23.0 Å². The number of ether oxygens (including phenoxy) is 5. The first-order valence-corrected chi connectivity index (χ1v) is 9.39. The zero-order valence-electron chi connectivity index (χ0n) is 18.3. The fraction of sp³-hybridized carbons (Fsp3) is 0.217. The van der Waals surface area contributed by atoms with Crippen molar-refractivity contribution >= 4 is 34.5 Å². The molecule has 0 aliphatic heterocycles. The minimum Gasteiger partial charge on any atom is -0.494 e. The molecule has 2 aromatic carbocycles. The van der Waals surface area contributed by atoms with Gasteiger partial charge >= 0.3 is 5.97 Å². The molecule has 0 atom stereocenters. The summed E-state index contributed by atoms with van der Waals surface area (Å²) in [6, 6.07) is 6.36. The molecule has 0 unspecified atom stereocenters. The molecule has 0 radical (unpaired) electrons. The van der Waals surface area contributed by atoms with Gasteiger partial charge in [0.15, 0.2) is 22.9 Å². The Kier molecular flexibility index (Phi) is 6.58. The Morgan fingerprint density at radius 1 is 0.906 bits per heavy atom. The number of hydrogen-bond donors (Lipinski definition) is 1. The molecule has 0 aliphatic rings. The van der Waals surface area contributed by atoms with Crippen molar-refractivity contribution in [2.24, 2.45) is 0 Å². The smallest absolute Gasteiger partial charge is 0.330 e. The molecule has 2 N–H and O–H groups in total. The van der Waals surface area contributed by atoms with Gasteiger partial charge in [-0.25, -0.2) is 4.79 Å². The van der Waals surface area contributed by atoms with Crippen molar-refractivity contribution < 1.29 is 37.7 Å². The number of hydrogen-bond acceptors (Lipinski definition) is 9. The van der Waals surface area contributed by atoms with Crippen LogP contribution in [-0.2, 0) is 9.53 Å². The second-order valence-electron chi connectivity index (χ2n) is 6.50. The van der Waals surface area contributed by atoms with Crippen LogP contribution in [-0.4, -0.2) is 47.3 Å². The second-order valence-corrected chi connectivity index (χ2v) is 6.50. The Morgan fingerprint density at radius 3 is 2.06 bits per heavy atom. The van der Waals surface area contributed by atoms with Crippen molar-refractivity contribution in [3.8, 4) is 23.0 Å². The van der Waals surface area contributed by atoms with Gasteiger partial charge in [-0.05, 0) is 30.3 Å². The number of fused-ring (bicyclic) bond motifs is 1. The summed E-state index contributed by atoms with van der Waals surface area (Å²) in [4.78, 5) is 25.3. The van der Waals surface area contributed by atoms with Crippen molar-refractivity contribution in [3.05, 3.63) is 47.2 Å². The average molecular weight is 441 g/mol. The lowest BCUT2D eigenvalue weighted by Gasteiger charge is -2.13. The summed E-state index contributed by atoms with van der Waals surface area (Å²) in [5.41, 5.74) is 7.09. The molecular weight excluding hydrogens is 418 g/mol. The third kappa shape index (κ3) is 3.92. The predicted octanol–water partition coefficient (Wildman–Crippen LogP) is 3.47. The molecule has 168 valence electrons. The number of nitrogens with two attached hydrogens (primary N) is 1. The van der Waals surface area contributed by atoms with Crippen LogP contribution >= 0.6 is 0 Å². The number of furan rings is 1. The van der Waals surface area contributed by atoms with E-state index in [0.717, 1.165) is 6.08 Å². The Hall–Kier alpha value is -4.14. The highest BCUT2D eigenvalue weighted by molar-refractivity contribution is 6.19. The van der Waals surface area contributed by atoms with Gasteiger partial charge in [0.1, 0.15) is 17.2 Å². The molecule has 0 aliphatic carbocycles. The van der Waals surface area contributed by atoms with Gasteiger partial charge in [-0.1, -0.05) is 0 Å². The highest BCUT2D eigenvalue weighted by Crippen LogP contribution is 2.41. The predicted molar refractivity (Wildman–Crippen MR) is 118 cm³/mol. The van der Waals surface area contributed by atoms with E-state index in [2.05, 4.69) is 4.74 Å². The van der Waals surface area contributed by atoms with Crippen molar-refractivity contribution in [3.63, 3.8) is 0 Å². The lowest BCUT2D eigenvalue weighted by molar-refractivity contribution is -0.134. The number of anilines is 1. The maximum Gasteiger partial charge on any atom is 0.330 e. The molecular formula is C23H23NO8. The lowest BCUT2D eigenvalue weighted by atomic mass is 9.98. The summed E-state index contributed by atoms with van der Waals surface area (Å²) in [6.45, 7) is 0. The van der Waals surface area contributed by atoms with Crippen LogP contribution in [0.3, 0.4) is 0 Å². The number of rotatable bonds is 8. The first-order chi connectivity index (χ1) is 15.4. The Bertz CT molecular complexity index is 1180. The van der Waals surface area contributed by atoms with E-state index in [-0.39, 0.29) is 28.2 Å². The van der Waals surface area contributed by atoms with E-state index in [1.165, 1.54) is 53.8 Å². The molecule has 0 amide bonds. The van der Waals surface area contributed by atoms with Crippen LogP contribution in [0.4, 0.5) is 5.69 Å². The maximum absolute atomic E-state index is 13.6. The van der Waals surface area contributed by atoms with E-state index in [0.29, 0.717) is 28.4 Å². The number of nitrogen functional groups attached to an aromatic ring is 1. The first-order valence-electron chi connectivity index (χ1n) is 9.39. The largest absolute Gasteiger partial charge is 0.494 e. The molecule has 0 bridgehead atoms. The number of benzene rings is 2. The van der Waals surface area contributed by atoms with Crippen molar-refractivity contribution in [2.75, 3.05) is 41.3 Å². The quantitative estimate of drug-likeness (QED) is 0.242. The molecule has 0 fully saturated rings. The molecule has 9 heteroatoms. The van der Waals surface area contributed by atoms with Crippen molar-refractivity contribution in [1.29, 1.82) is 0 Å². The molecule has 0 saturated heterocycles. The zero-order valence-corrected chi connectivity index (χ0v) is 18.3. The van der Waals surface area contributed by atoms with E-state index >= 15 is 0 Å². The van der Waals surface area contributed by atoms with Crippen LogP contribution in [0.1, 0.15) is 21.7 Å². The highest BCUT2D eigenvalue weighted by Gasteiger charge is 2.26. The number of ketones is 1. The molecule has 3 rings (SSSR count). The van der Waals surface area contributed by atoms with Gasteiger partial charge in [-0.3, -0.25) is 4.79 Å². The van der Waals surface area contributed by atoms with Crippen LogP contribution in [0.25, 0.3) is 17.0 Å². The third-order valence-corrected chi connectivity index (χ3v) is 4.83.